The summed E-state index contributed by atoms with van der Waals surface area (Å²) in [6.45, 7) is 6.00. The lowest BCUT2D eigenvalue weighted by molar-refractivity contribution is -0.144. The summed E-state index contributed by atoms with van der Waals surface area (Å²) in [6, 6.07) is 18.4. The molecule has 37 heavy (non-hydrogen) atoms. The average molecular weight is 524 g/mol. The van der Waals surface area contributed by atoms with Crippen molar-refractivity contribution in [2.45, 2.75) is 58.1 Å². The fourth-order valence-electron chi connectivity index (χ4n) is 4.78. The van der Waals surface area contributed by atoms with Crippen LogP contribution < -0.4 is 4.74 Å². The van der Waals surface area contributed by atoms with Crippen LogP contribution in [0.3, 0.4) is 0 Å². The van der Waals surface area contributed by atoms with E-state index in [1.165, 1.54) is 34.2 Å². The molecule has 5 nitrogen and oxygen atoms in total. The molecule has 1 amide bonds. The van der Waals surface area contributed by atoms with E-state index < -0.39 is 18.3 Å². The fourth-order valence-corrected chi connectivity index (χ4v) is 4.98. The smallest absolute Gasteiger partial charge is 0.323 e. The number of carbonyl (C=O) groups excluding carboxylic acids is 1. The molecule has 0 fully saturated rings. The number of benzene rings is 3. The molecule has 0 unspecified atom stereocenters. The summed E-state index contributed by atoms with van der Waals surface area (Å²) in [5.41, 5.74) is 4.49. The summed E-state index contributed by atoms with van der Waals surface area (Å²) in [5, 5.41) is 9.26. The Kier molecular flexibility index (Phi) is 7.88. The maximum Gasteiger partial charge on any atom is 0.323 e. The summed E-state index contributed by atoms with van der Waals surface area (Å²) in [5.74, 6) is -0.740. The molecule has 0 bridgehead atoms. The molecule has 1 N–H and O–H groups in total. The SMILES string of the molecule is CC(C)c1ccc(C[C@@]2(C)Cc3cc(CC(=O)N(CC(=O)O)Cc4ccc(F)c(Cl)c4)ccc3O2)cc1. The van der Waals surface area contributed by atoms with Gasteiger partial charge in [0.15, 0.2) is 0 Å². The highest BCUT2D eigenvalue weighted by Crippen LogP contribution is 2.37. The Labute approximate surface area is 221 Å². The quantitative estimate of drug-likeness (QED) is 0.363. The third kappa shape index (κ3) is 6.69. The predicted molar refractivity (Wildman–Crippen MR) is 142 cm³/mol. The van der Waals surface area contributed by atoms with Crippen LogP contribution in [0.1, 0.15) is 54.5 Å². The number of aliphatic carboxylic acids is 1. The van der Waals surface area contributed by atoms with E-state index in [0.717, 1.165) is 23.3 Å². The second kappa shape index (κ2) is 10.9. The molecule has 3 aromatic carbocycles. The van der Waals surface area contributed by atoms with E-state index in [1.807, 2.05) is 18.2 Å². The van der Waals surface area contributed by atoms with E-state index in [1.54, 1.807) is 0 Å². The van der Waals surface area contributed by atoms with Gasteiger partial charge in [-0.3, -0.25) is 9.59 Å². The van der Waals surface area contributed by atoms with Crippen LogP contribution in [0, 0.1) is 5.82 Å². The Morgan fingerprint density at radius 2 is 1.73 bits per heavy atom. The molecule has 0 aliphatic carbocycles. The number of hydrogen-bond donors (Lipinski definition) is 1. The van der Waals surface area contributed by atoms with Crippen molar-refractivity contribution >= 4 is 23.5 Å². The number of ether oxygens (including phenoxy) is 1. The van der Waals surface area contributed by atoms with Crippen LogP contribution in [0.15, 0.2) is 60.7 Å². The lowest BCUT2D eigenvalue weighted by Crippen LogP contribution is -2.36. The van der Waals surface area contributed by atoms with E-state index in [9.17, 15) is 19.1 Å². The van der Waals surface area contributed by atoms with Gasteiger partial charge in [-0.1, -0.05) is 67.9 Å². The molecule has 1 atom stereocenters. The first kappa shape index (κ1) is 26.7. The number of carboxylic acid groups (broad SMARTS) is 1. The van der Waals surface area contributed by atoms with Crippen LogP contribution in [-0.4, -0.2) is 34.0 Å². The van der Waals surface area contributed by atoms with Crippen molar-refractivity contribution in [3.8, 4) is 5.75 Å². The van der Waals surface area contributed by atoms with Gasteiger partial charge in [0.1, 0.15) is 23.7 Å². The van der Waals surface area contributed by atoms with Crippen molar-refractivity contribution in [2.75, 3.05) is 6.54 Å². The van der Waals surface area contributed by atoms with E-state index in [-0.39, 0.29) is 29.5 Å². The van der Waals surface area contributed by atoms with E-state index in [0.29, 0.717) is 17.9 Å². The van der Waals surface area contributed by atoms with Gasteiger partial charge in [0, 0.05) is 19.4 Å². The Bertz CT molecular complexity index is 1310. The number of carbonyl (C=O) groups is 2. The maximum atomic E-state index is 13.5. The third-order valence-electron chi connectivity index (χ3n) is 6.66. The van der Waals surface area contributed by atoms with Crippen LogP contribution in [-0.2, 0) is 35.4 Å². The molecular formula is C30H31ClFNO4. The van der Waals surface area contributed by atoms with Crippen LogP contribution >= 0.6 is 11.6 Å². The highest BCUT2D eigenvalue weighted by molar-refractivity contribution is 6.30. The van der Waals surface area contributed by atoms with Crippen molar-refractivity contribution < 1.29 is 23.8 Å². The first-order chi connectivity index (χ1) is 17.5. The van der Waals surface area contributed by atoms with Gasteiger partial charge in [0.05, 0.1) is 11.4 Å². The van der Waals surface area contributed by atoms with E-state index in [2.05, 4.69) is 45.0 Å². The molecule has 194 valence electrons. The maximum absolute atomic E-state index is 13.5. The second-order valence-electron chi connectivity index (χ2n) is 10.3. The van der Waals surface area contributed by atoms with Crippen LogP contribution in [0.2, 0.25) is 5.02 Å². The first-order valence-corrected chi connectivity index (χ1v) is 12.7. The lowest BCUT2D eigenvalue weighted by Gasteiger charge is -2.24. The van der Waals surface area contributed by atoms with Crippen molar-refractivity contribution in [3.63, 3.8) is 0 Å². The summed E-state index contributed by atoms with van der Waals surface area (Å²) in [6.07, 6.45) is 1.52. The molecule has 0 saturated heterocycles. The van der Waals surface area contributed by atoms with Crippen LogP contribution in [0.25, 0.3) is 0 Å². The molecular weight excluding hydrogens is 493 g/mol. The zero-order valence-electron chi connectivity index (χ0n) is 21.3. The zero-order valence-corrected chi connectivity index (χ0v) is 22.0. The Hall–Kier alpha value is -3.38. The number of nitrogens with zero attached hydrogens (tertiary/aromatic N) is 1. The van der Waals surface area contributed by atoms with Gasteiger partial charge in [0.25, 0.3) is 0 Å². The normalized spacial score (nSPS) is 16.4. The Morgan fingerprint density at radius 3 is 2.38 bits per heavy atom. The summed E-state index contributed by atoms with van der Waals surface area (Å²) in [4.78, 5) is 25.7. The minimum Gasteiger partial charge on any atom is -0.487 e. The third-order valence-corrected chi connectivity index (χ3v) is 6.95. The lowest BCUT2D eigenvalue weighted by atomic mass is 9.90. The van der Waals surface area contributed by atoms with Gasteiger partial charge < -0.3 is 14.7 Å². The average Bonchev–Trinajstić information content (AvgIpc) is 3.16. The first-order valence-electron chi connectivity index (χ1n) is 12.3. The van der Waals surface area contributed by atoms with Crippen LogP contribution in [0.4, 0.5) is 4.39 Å². The van der Waals surface area contributed by atoms with E-state index >= 15 is 0 Å². The molecule has 0 radical (unpaired) electrons. The van der Waals surface area contributed by atoms with Crippen LogP contribution in [0.5, 0.6) is 5.75 Å². The molecule has 1 heterocycles. The van der Waals surface area contributed by atoms with Gasteiger partial charge in [-0.05, 0) is 58.9 Å². The molecule has 1 aliphatic heterocycles. The predicted octanol–water partition coefficient (Wildman–Crippen LogP) is 6.19. The highest BCUT2D eigenvalue weighted by Gasteiger charge is 2.35. The fraction of sp³-hybridized carbons (Fsp3) is 0.333. The topological polar surface area (TPSA) is 66.8 Å². The minimum atomic E-state index is -1.12. The molecule has 7 heteroatoms. The summed E-state index contributed by atoms with van der Waals surface area (Å²) < 4.78 is 19.8. The van der Waals surface area contributed by atoms with Crippen molar-refractivity contribution in [1.29, 1.82) is 0 Å². The van der Waals surface area contributed by atoms with Crippen molar-refractivity contribution in [3.05, 3.63) is 99.3 Å². The largest absolute Gasteiger partial charge is 0.487 e. The standard InChI is InChI=1S/C30H31ClFNO4/c1-19(2)23-8-4-20(5-9-23)15-30(3)16-24-12-21(7-11-27(24)37-30)14-28(34)33(18-29(35)36)17-22-6-10-26(32)25(31)13-22/h4-13,19H,14-18H2,1-3H3,(H,35,36)/t30-/m0/s1. The number of amides is 1. The number of carboxylic acids is 1. The Morgan fingerprint density at radius 1 is 1.05 bits per heavy atom. The molecule has 0 aromatic heterocycles. The molecule has 0 spiro atoms. The molecule has 3 aromatic rings. The number of fused-ring (bicyclic) bond motifs is 1. The molecule has 1 aliphatic rings. The molecule has 4 rings (SSSR count). The van der Waals surface area contributed by atoms with Gasteiger partial charge in [-0.25, -0.2) is 4.39 Å². The van der Waals surface area contributed by atoms with Crippen molar-refractivity contribution in [2.24, 2.45) is 0 Å². The number of rotatable bonds is 9. The number of halogens is 2. The monoisotopic (exact) mass is 523 g/mol. The van der Waals surface area contributed by atoms with Gasteiger partial charge in [-0.2, -0.15) is 0 Å². The van der Waals surface area contributed by atoms with Gasteiger partial charge in [0.2, 0.25) is 5.91 Å². The summed E-state index contributed by atoms with van der Waals surface area (Å²) in [7, 11) is 0. The van der Waals surface area contributed by atoms with Gasteiger partial charge >= 0.3 is 5.97 Å². The second-order valence-corrected chi connectivity index (χ2v) is 10.7. The Balaban J connectivity index is 1.44. The summed E-state index contributed by atoms with van der Waals surface area (Å²) >= 11 is 5.85. The van der Waals surface area contributed by atoms with E-state index in [4.69, 9.17) is 16.3 Å². The minimum absolute atomic E-state index is 0.0207. The number of hydrogen-bond acceptors (Lipinski definition) is 3. The zero-order chi connectivity index (χ0) is 26.7. The van der Waals surface area contributed by atoms with Crippen molar-refractivity contribution in [1.82, 2.24) is 4.90 Å². The van der Waals surface area contributed by atoms with Gasteiger partial charge in [-0.15, -0.1) is 0 Å². The molecule has 0 saturated carbocycles. The highest BCUT2D eigenvalue weighted by atomic mass is 35.5.